The van der Waals surface area contributed by atoms with Crippen LogP contribution < -0.4 is 4.74 Å². The second kappa shape index (κ2) is 5.18. The van der Waals surface area contributed by atoms with E-state index in [0.29, 0.717) is 5.56 Å². The molecule has 1 saturated heterocycles. The van der Waals surface area contributed by atoms with Crippen LogP contribution in [0.15, 0.2) is 24.3 Å². The minimum atomic E-state index is 0.654. The second-order valence-electron chi connectivity index (χ2n) is 2.45. The zero-order valence-electron chi connectivity index (χ0n) is 7.49. The highest BCUT2D eigenvalue weighted by molar-refractivity contribution is 5.34. The molecule has 3 heteroatoms. The summed E-state index contributed by atoms with van der Waals surface area (Å²) in [5.41, 5.74) is 0.654. The lowest BCUT2D eigenvalue weighted by atomic mass is 10.2. The molecule has 0 unspecified atom stereocenters. The van der Waals surface area contributed by atoms with Gasteiger partial charge >= 0.3 is 0 Å². The quantitative estimate of drug-likeness (QED) is 0.612. The third-order valence-corrected chi connectivity index (χ3v) is 1.42. The van der Waals surface area contributed by atoms with Crippen LogP contribution in [0.25, 0.3) is 0 Å². The van der Waals surface area contributed by atoms with Crippen molar-refractivity contribution in [2.24, 2.45) is 0 Å². The van der Waals surface area contributed by atoms with E-state index < -0.39 is 0 Å². The lowest BCUT2D eigenvalue weighted by molar-refractivity contribution is 0.415. The molecule has 0 aliphatic carbocycles. The predicted molar refractivity (Wildman–Crippen MR) is 48.5 cm³/mol. The van der Waals surface area contributed by atoms with Crippen LogP contribution in [0, 0.1) is 11.3 Å². The summed E-state index contributed by atoms with van der Waals surface area (Å²) < 4.78 is 9.40. The zero-order chi connectivity index (χ0) is 9.52. The lowest BCUT2D eigenvalue weighted by Gasteiger charge is -1.96. The summed E-state index contributed by atoms with van der Waals surface area (Å²) in [4.78, 5) is 0. The number of ether oxygens (including phenoxy) is 2. The maximum absolute atomic E-state index is 8.41. The van der Waals surface area contributed by atoms with Crippen LogP contribution in [-0.4, -0.2) is 20.3 Å². The number of hydrogen-bond acceptors (Lipinski definition) is 3. The number of benzene rings is 1. The highest BCUT2D eigenvalue weighted by Crippen LogP contribution is 2.09. The summed E-state index contributed by atoms with van der Waals surface area (Å²) in [5, 5.41) is 8.41. The van der Waals surface area contributed by atoms with Crippen molar-refractivity contribution in [1.82, 2.24) is 0 Å². The van der Waals surface area contributed by atoms with Gasteiger partial charge in [0.25, 0.3) is 0 Å². The summed E-state index contributed by atoms with van der Waals surface area (Å²) in [6.45, 7) is 2.00. The molecule has 0 atom stereocenters. The Morgan fingerprint density at radius 3 is 2.15 bits per heavy atom. The number of epoxide rings is 1. The van der Waals surface area contributed by atoms with Gasteiger partial charge in [-0.05, 0) is 24.3 Å². The van der Waals surface area contributed by atoms with Crippen molar-refractivity contribution in [2.75, 3.05) is 20.3 Å². The van der Waals surface area contributed by atoms with E-state index in [9.17, 15) is 0 Å². The molecule has 3 nitrogen and oxygen atoms in total. The molecule has 2 rings (SSSR count). The largest absolute Gasteiger partial charge is 0.497 e. The molecule has 1 aliphatic rings. The zero-order valence-corrected chi connectivity index (χ0v) is 7.49. The van der Waals surface area contributed by atoms with E-state index in [4.69, 9.17) is 10.00 Å². The third kappa shape index (κ3) is 4.14. The van der Waals surface area contributed by atoms with Crippen molar-refractivity contribution in [3.8, 4) is 11.8 Å². The molecule has 0 N–H and O–H groups in total. The van der Waals surface area contributed by atoms with Gasteiger partial charge in [0, 0.05) is 0 Å². The molecule has 0 bridgehead atoms. The van der Waals surface area contributed by atoms with Crippen LogP contribution in [0.1, 0.15) is 5.56 Å². The Morgan fingerprint density at radius 2 is 1.85 bits per heavy atom. The van der Waals surface area contributed by atoms with Gasteiger partial charge in [-0.3, -0.25) is 0 Å². The number of hydrogen-bond donors (Lipinski definition) is 0. The van der Waals surface area contributed by atoms with Gasteiger partial charge in [-0.1, -0.05) is 0 Å². The Hall–Kier alpha value is -1.53. The van der Waals surface area contributed by atoms with E-state index in [1.165, 1.54) is 0 Å². The summed E-state index contributed by atoms with van der Waals surface area (Å²) in [6, 6.07) is 8.99. The van der Waals surface area contributed by atoms with E-state index in [2.05, 4.69) is 4.74 Å². The fraction of sp³-hybridized carbons (Fsp3) is 0.300. The number of methoxy groups -OCH3 is 1. The van der Waals surface area contributed by atoms with Gasteiger partial charge in [0.05, 0.1) is 32.0 Å². The Balaban J connectivity index is 0.000000236. The first kappa shape index (κ1) is 9.56. The number of nitrogens with zero attached hydrogens (tertiary/aromatic N) is 1. The molecule has 68 valence electrons. The van der Waals surface area contributed by atoms with Gasteiger partial charge in [0.15, 0.2) is 0 Å². The molecular weight excluding hydrogens is 166 g/mol. The summed E-state index contributed by atoms with van der Waals surface area (Å²) in [6.07, 6.45) is 0. The SMILES string of the molecule is C1CO1.COc1ccc(C#N)cc1. The first-order chi connectivity index (χ1) is 6.36. The van der Waals surface area contributed by atoms with E-state index in [0.717, 1.165) is 19.0 Å². The topological polar surface area (TPSA) is 45.5 Å². The Kier molecular flexibility index (Phi) is 3.80. The highest BCUT2D eigenvalue weighted by atomic mass is 16.6. The van der Waals surface area contributed by atoms with Crippen LogP contribution >= 0.6 is 0 Å². The summed E-state index contributed by atoms with van der Waals surface area (Å²) >= 11 is 0. The van der Waals surface area contributed by atoms with Gasteiger partial charge in [-0.25, -0.2) is 0 Å². The number of nitriles is 1. The maximum Gasteiger partial charge on any atom is 0.118 e. The van der Waals surface area contributed by atoms with Crippen LogP contribution in [0.4, 0.5) is 0 Å². The van der Waals surface area contributed by atoms with E-state index in [-0.39, 0.29) is 0 Å². The molecule has 1 heterocycles. The molecule has 1 aromatic rings. The molecular formula is C10H11NO2. The first-order valence-corrected chi connectivity index (χ1v) is 3.98. The van der Waals surface area contributed by atoms with Crippen molar-refractivity contribution < 1.29 is 9.47 Å². The van der Waals surface area contributed by atoms with Gasteiger partial charge in [-0.15, -0.1) is 0 Å². The van der Waals surface area contributed by atoms with Crippen LogP contribution in [0.5, 0.6) is 5.75 Å². The first-order valence-electron chi connectivity index (χ1n) is 3.98. The average molecular weight is 177 g/mol. The molecule has 0 spiro atoms. The van der Waals surface area contributed by atoms with Gasteiger partial charge in [0.1, 0.15) is 5.75 Å². The molecule has 13 heavy (non-hydrogen) atoms. The van der Waals surface area contributed by atoms with Gasteiger partial charge in [0.2, 0.25) is 0 Å². The molecule has 1 fully saturated rings. The Labute approximate surface area is 77.5 Å². The van der Waals surface area contributed by atoms with Crippen molar-refractivity contribution in [3.05, 3.63) is 29.8 Å². The Morgan fingerprint density at radius 1 is 1.31 bits per heavy atom. The Bertz CT molecular complexity index is 282. The second-order valence-corrected chi connectivity index (χ2v) is 2.45. The molecule has 1 aliphatic heterocycles. The predicted octanol–water partition coefficient (Wildman–Crippen LogP) is 1.58. The van der Waals surface area contributed by atoms with Crippen molar-refractivity contribution >= 4 is 0 Å². The van der Waals surface area contributed by atoms with E-state index in [1.54, 1.807) is 31.4 Å². The molecule has 0 saturated carbocycles. The minimum absolute atomic E-state index is 0.654. The van der Waals surface area contributed by atoms with Crippen molar-refractivity contribution in [1.29, 1.82) is 5.26 Å². The number of rotatable bonds is 1. The molecule has 0 aromatic heterocycles. The van der Waals surface area contributed by atoms with Gasteiger partial charge < -0.3 is 9.47 Å². The van der Waals surface area contributed by atoms with E-state index >= 15 is 0 Å². The fourth-order valence-corrected chi connectivity index (χ4v) is 0.666. The lowest BCUT2D eigenvalue weighted by Crippen LogP contribution is -1.81. The third-order valence-electron chi connectivity index (χ3n) is 1.42. The summed E-state index contributed by atoms with van der Waals surface area (Å²) in [7, 11) is 1.60. The molecule has 0 radical (unpaired) electrons. The van der Waals surface area contributed by atoms with Crippen molar-refractivity contribution in [2.45, 2.75) is 0 Å². The normalized spacial score (nSPS) is 12.0. The average Bonchev–Trinajstić information content (AvgIpc) is 3.05. The molecule has 0 amide bonds. The summed E-state index contributed by atoms with van der Waals surface area (Å²) in [5.74, 6) is 0.777. The monoisotopic (exact) mass is 177 g/mol. The maximum atomic E-state index is 8.41. The highest BCUT2D eigenvalue weighted by Gasteiger charge is 1.94. The standard InChI is InChI=1S/C8H7NO.C2H4O/c1-10-8-4-2-7(6-9)3-5-8;1-2-3-1/h2-5H,1H3;1-2H2. The fourth-order valence-electron chi connectivity index (χ4n) is 0.666. The van der Waals surface area contributed by atoms with Gasteiger partial charge in [-0.2, -0.15) is 5.26 Å². The van der Waals surface area contributed by atoms with Crippen molar-refractivity contribution in [3.63, 3.8) is 0 Å². The minimum Gasteiger partial charge on any atom is -0.497 e. The van der Waals surface area contributed by atoms with Crippen LogP contribution in [0.2, 0.25) is 0 Å². The van der Waals surface area contributed by atoms with Crippen LogP contribution in [-0.2, 0) is 4.74 Å². The smallest absolute Gasteiger partial charge is 0.118 e. The van der Waals surface area contributed by atoms with Crippen LogP contribution in [0.3, 0.4) is 0 Å². The molecule has 1 aromatic carbocycles. The van der Waals surface area contributed by atoms with E-state index in [1.807, 2.05) is 6.07 Å².